The minimum atomic E-state index is -1.08. The van der Waals surface area contributed by atoms with Crippen LogP contribution in [0.1, 0.15) is 33.6 Å². The molecule has 0 unspecified atom stereocenters. The molecule has 0 saturated heterocycles. The number of esters is 1. The maximum Gasteiger partial charge on any atom is 0.312 e. The lowest BCUT2D eigenvalue weighted by Crippen LogP contribution is -2.46. The molecule has 0 aromatic rings. The first-order valence-corrected chi connectivity index (χ1v) is 5.06. The molecule has 2 atom stereocenters. The first-order chi connectivity index (χ1) is 6.77. The summed E-state index contributed by atoms with van der Waals surface area (Å²) >= 11 is 0. The molecular formula is C11H17O4-. The normalized spacial score (nSPS) is 33.7. The first-order valence-electron chi connectivity index (χ1n) is 5.06. The third-order valence-corrected chi connectivity index (χ3v) is 4.15. The second kappa shape index (κ2) is 3.51. The van der Waals surface area contributed by atoms with Crippen LogP contribution in [-0.2, 0) is 14.3 Å². The van der Waals surface area contributed by atoms with Crippen molar-refractivity contribution in [3.8, 4) is 0 Å². The maximum absolute atomic E-state index is 11.7. The fourth-order valence-corrected chi connectivity index (χ4v) is 2.50. The summed E-state index contributed by atoms with van der Waals surface area (Å²) in [7, 11) is 1.33. The Morgan fingerprint density at radius 2 is 1.87 bits per heavy atom. The predicted octanol–water partition coefficient (Wildman–Crippen LogP) is 0.352. The number of carboxylic acid groups (broad SMARTS) is 1. The average molecular weight is 213 g/mol. The quantitative estimate of drug-likeness (QED) is 0.621. The summed E-state index contributed by atoms with van der Waals surface area (Å²) in [5.74, 6) is -1.99. The van der Waals surface area contributed by atoms with Crippen LogP contribution in [0.3, 0.4) is 0 Å². The number of methoxy groups -OCH3 is 1. The van der Waals surface area contributed by atoms with E-state index in [2.05, 4.69) is 0 Å². The predicted molar refractivity (Wildman–Crippen MR) is 51.6 cm³/mol. The van der Waals surface area contributed by atoms with Crippen LogP contribution < -0.4 is 5.11 Å². The minimum Gasteiger partial charge on any atom is -0.550 e. The molecule has 1 saturated carbocycles. The molecule has 0 amide bonds. The number of aliphatic carboxylic acids is 1. The van der Waals surface area contributed by atoms with Crippen LogP contribution in [0.15, 0.2) is 0 Å². The molecule has 1 aliphatic rings. The maximum atomic E-state index is 11.7. The Bertz CT molecular complexity index is 295. The van der Waals surface area contributed by atoms with Crippen molar-refractivity contribution in [3.63, 3.8) is 0 Å². The molecule has 0 heterocycles. The Morgan fingerprint density at radius 1 is 1.33 bits per heavy atom. The molecule has 0 aromatic heterocycles. The molecule has 0 aromatic carbocycles. The van der Waals surface area contributed by atoms with Gasteiger partial charge < -0.3 is 14.6 Å². The lowest BCUT2D eigenvalue weighted by Gasteiger charge is -2.39. The van der Waals surface area contributed by atoms with Gasteiger partial charge in [-0.1, -0.05) is 13.8 Å². The molecule has 4 heteroatoms. The number of ether oxygens (including phenoxy) is 1. The first kappa shape index (κ1) is 12.0. The third-order valence-electron chi connectivity index (χ3n) is 4.15. The van der Waals surface area contributed by atoms with E-state index < -0.39 is 22.7 Å². The lowest BCUT2D eigenvalue weighted by molar-refractivity contribution is -0.315. The van der Waals surface area contributed by atoms with E-state index in [1.807, 2.05) is 0 Å². The van der Waals surface area contributed by atoms with Crippen molar-refractivity contribution < 1.29 is 19.4 Å². The lowest BCUT2D eigenvalue weighted by atomic mass is 9.66. The number of hydrogen-bond donors (Lipinski definition) is 0. The summed E-state index contributed by atoms with van der Waals surface area (Å²) in [6.07, 6.45) is 1.01. The van der Waals surface area contributed by atoms with E-state index in [-0.39, 0.29) is 5.97 Å². The van der Waals surface area contributed by atoms with Crippen LogP contribution in [0.5, 0.6) is 0 Å². The van der Waals surface area contributed by atoms with E-state index in [1.54, 1.807) is 20.8 Å². The van der Waals surface area contributed by atoms with Gasteiger partial charge in [0, 0.05) is 11.9 Å². The molecule has 1 rings (SSSR count). The highest BCUT2D eigenvalue weighted by Crippen LogP contribution is 2.56. The van der Waals surface area contributed by atoms with Gasteiger partial charge in [-0.15, -0.1) is 0 Å². The average Bonchev–Trinajstić information content (AvgIpc) is 2.38. The number of carbonyl (C=O) groups excluding carboxylic acids is 2. The Kier molecular flexibility index (Phi) is 2.81. The van der Waals surface area contributed by atoms with Gasteiger partial charge in [0.1, 0.15) is 0 Å². The Labute approximate surface area is 89.6 Å². The molecular weight excluding hydrogens is 196 g/mol. The molecule has 86 valence electrons. The van der Waals surface area contributed by atoms with Crippen molar-refractivity contribution in [1.82, 2.24) is 0 Å². The van der Waals surface area contributed by atoms with Gasteiger partial charge in [0.2, 0.25) is 0 Å². The zero-order valence-corrected chi connectivity index (χ0v) is 9.62. The van der Waals surface area contributed by atoms with Gasteiger partial charge in [0.05, 0.1) is 12.5 Å². The molecule has 1 fully saturated rings. The van der Waals surface area contributed by atoms with E-state index in [1.165, 1.54) is 7.11 Å². The van der Waals surface area contributed by atoms with Gasteiger partial charge in [0.25, 0.3) is 0 Å². The number of rotatable bonds is 2. The molecule has 15 heavy (non-hydrogen) atoms. The fourth-order valence-electron chi connectivity index (χ4n) is 2.50. The van der Waals surface area contributed by atoms with E-state index in [9.17, 15) is 14.7 Å². The van der Waals surface area contributed by atoms with E-state index in [0.717, 1.165) is 0 Å². The highest BCUT2D eigenvalue weighted by atomic mass is 16.5. The summed E-state index contributed by atoms with van der Waals surface area (Å²) in [6.45, 7) is 5.34. The summed E-state index contributed by atoms with van der Waals surface area (Å²) in [6, 6.07) is 0. The van der Waals surface area contributed by atoms with Crippen LogP contribution in [-0.4, -0.2) is 19.0 Å². The molecule has 0 bridgehead atoms. The SMILES string of the molecule is COC(=O)[C@]1(C)CC[C@@H](C(=O)[O-])C1(C)C. The second-order valence-corrected chi connectivity index (χ2v) is 4.96. The Hall–Kier alpha value is -1.06. The zero-order valence-electron chi connectivity index (χ0n) is 9.62. The highest BCUT2D eigenvalue weighted by molar-refractivity contribution is 5.80. The van der Waals surface area contributed by atoms with E-state index in [0.29, 0.717) is 12.8 Å². The molecule has 4 nitrogen and oxygen atoms in total. The van der Waals surface area contributed by atoms with Gasteiger partial charge >= 0.3 is 5.97 Å². The van der Waals surface area contributed by atoms with Crippen molar-refractivity contribution in [1.29, 1.82) is 0 Å². The van der Waals surface area contributed by atoms with Crippen LogP contribution in [0.2, 0.25) is 0 Å². The molecule has 0 radical (unpaired) electrons. The van der Waals surface area contributed by atoms with E-state index in [4.69, 9.17) is 4.74 Å². The van der Waals surface area contributed by atoms with Gasteiger partial charge in [-0.25, -0.2) is 0 Å². The van der Waals surface area contributed by atoms with E-state index >= 15 is 0 Å². The third kappa shape index (κ3) is 1.52. The standard InChI is InChI=1S/C11H18O4/c1-10(2)7(8(12)13)5-6-11(10,3)9(14)15-4/h7H,5-6H2,1-4H3,(H,12,13)/p-1/t7-,11-/m0/s1. The topological polar surface area (TPSA) is 66.4 Å². The summed E-state index contributed by atoms with van der Waals surface area (Å²) in [5, 5.41) is 11.0. The summed E-state index contributed by atoms with van der Waals surface area (Å²) in [4.78, 5) is 22.6. The second-order valence-electron chi connectivity index (χ2n) is 4.96. The summed E-state index contributed by atoms with van der Waals surface area (Å²) < 4.78 is 4.75. The minimum absolute atomic E-state index is 0.337. The van der Waals surface area contributed by atoms with Crippen molar-refractivity contribution in [2.45, 2.75) is 33.6 Å². The van der Waals surface area contributed by atoms with Crippen molar-refractivity contribution in [2.75, 3.05) is 7.11 Å². The highest BCUT2D eigenvalue weighted by Gasteiger charge is 2.56. The van der Waals surface area contributed by atoms with Gasteiger partial charge in [-0.3, -0.25) is 4.79 Å². The van der Waals surface area contributed by atoms with Crippen LogP contribution in [0.4, 0.5) is 0 Å². The summed E-state index contributed by atoms with van der Waals surface area (Å²) in [5.41, 5.74) is -1.36. The molecule has 0 aliphatic heterocycles. The van der Waals surface area contributed by atoms with Crippen LogP contribution in [0.25, 0.3) is 0 Å². The van der Waals surface area contributed by atoms with Gasteiger partial charge in [-0.05, 0) is 25.2 Å². The Morgan fingerprint density at radius 3 is 2.20 bits per heavy atom. The zero-order chi connectivity index (χ0) is 11.9. The molecule has 1 aliphatic carbocycles. The van der Waals surface area contributed by atoms with Gasteiger partial charge in [0.15, 0.2) is 0 Å². The van der Waals surface area contributed by atoms with Crippen molar-refractivity contribution in [3.05, 3.63) is 0 Å². The largest absolute Gasteiger partial charge is 0.550 e. The monoisotopic (exact) mass is 213 g/mol. The van der Waals surface area contributed by atoms with Gasteiger partial charge in [-0.2, -0.15) is 0 Å². The smallest absolute Gasteiger partial charge is 0.312 e. The van der Waals surface area contributed by atoms with Crippen LogP contribution >= 0.6 is 0 Å². The van der Waals surface area contributed by atoms with Crippen molar-refractivity contribution >= 4 is 11.9 Å². The molecule has 0 spiro atoms. The number of carboxylic acids is 1. The number of carbonyl (C=O) groups is 2. The number of hydrogen-bond acceptors (Lipinski definition) is 4. The fraction of sp³-hybridized carbons (Fsp3) is 0.818. The Balaban J connectivity index is 3.06. The molecule has 0 N–H and O–H groups in total. The van der Waals surface area contributed by atoms with Crippen LogP contribution in [0, 0.1) is 16.7 Å². The van der Waals surface area contributed by atoms with Crippen molar-refractivity contribution in [2.24, 2.45) is 16.7 Å².